The molecule has 0 radical (unpaired) electrons. The normalized spacial score (nSPS) is 18.4. The Morgan fingerprint density at radius 1 is 1.37 bits per heavy atom. The molecule has 1 aliphatic heterocycles. The van der Waals surface area contributed by atoms with Gasteiger partial charge >= 0.3 is 12.1 Å². The van der Waals surface area contributed by atoms with Gasteiger partial charge in [-0.25, -0.2) is 9.59 Å². The highest BCUT2D eigenvalue weighted by molar-refractivity contribution is 5.87. The van der Waals surface area contributed by atoms with Gasteiger partial charge < -0.3 is 14.7 Å². The van der Waals surface area contributed by atoms with Gasteiger partial charge in [-0.15, -0.1) is 0 Å². The first-order chi connectivity index (χ1) is 9.13. The van der Waals surface area contributed by atoms with Gasteiger partial charge in [0.05, 0.1) is 18.2 Å². The number of benzene rings is 1. The first kappa shape index (κ1) is 13.4. The van der Waals surface area contributed by atoms with Crippen molar-refractivity contribution in [3.05, 3.63) is 35.4 Å². The molecule has 1 unspecified atom stereocenters. The average Bonchev–Trinajstić information content (AvgIpc) is 2.88. The summed E-state index contributed by atoms with van der Waals surface area (Å²) in [5.41, 5.74) is 1.21. The van der Waals surface area contributed by atoms with Crippen LogP contribution in [0.2, 0.25) is 0 Å². The van der Waals surface area contributed by atoms with E-state index in [9.17, 15) is 9.59 Å². The molecule has 0 aliphatic carbocycles. The summed E-state index contributed by atoms with van der Waals surface area (Å²) in [7, 11) is 0. The van der Waals surface area contributed by atoms with Crippen LogP contribution in [-0.2, 0) is 4.74 Å². The number of nitrogens with zero attached hydrogens (tertiary/aromatic N) is 1. The minimum absolute atomic E-state index is 0.0121. The van der Waals surface area contributed by atoms with E-state index in [1.165, 1.54) is 0 Å². The van der Waals surface area contributed by atoms with Crippen LogP contribution in [-0.4, -0.2) is 35.2 Å². The molecule has 5 nitrogen and oxygen atoms in total. The number of amides is 1. The number of rotatable bonds is 3. The summed E-state index contributed by atoms with van der Waals surface area (Å²) in [5, 5.41) is 8.87. The topological polar surface area (TPSA) is 66.8 Å². The van der Waals surface area contributed by atoms with Crippen LogP contribution in [0.3, 0.4) is 0 Å². The van der Waals surface area contributed by atoms with Crippen LogP contribution in [0.25, 0.3) is 0 Å². The van der Waals surface area contributed by atoms with E-state index in [1.807, 2.05) is 0 Å². The summed E-state index contributed by atoms with van der Waals surface area (Å²) in [6.07, 6.45) is 1.52. The molecule has 0 bridgehead atoms. The number of carboxylic acids is 1. The molecule has 1 saturated heterocycles. The van der Waals surface area contributed by atoms with Gasteiger partial charge in [-0.05, 0) is 37.5 Å². The summed E-state index contributed by atoms with van der Waals surface area (Å²) < 4.78 is 5.03. The average molecular weight is 263 g/mol. The summed E-state index contributed by atoms with van der Waals surface area (Å²) in [5.74, 6) is -0.944. The van der Waals surface area contributed by atoms with Crippen molar-refractivity contribution in [1.82, 2.24) is 4.90 Å². The van der Waals surface area contributed by atoms with E-state index >= 15 is 0 Å². The second-order valence-electron chi connectivity index (χ2n) is 4.48. The van der Waals surface area contributed by atoms with Crippen molar-refractivity contribution in [1.29, 1.82) is 0 Å². The Balaban J connectivity index is 2.15. The Morgan fingerprint density at radius 2 is 2.05 bits per heavy atom. The highest BCUT2D eigenvalue weighted by Crippen LogP contribution is 2.32. The molecule has 1 N–H and O–H groups in total. The van der Waals surface area contributed by atoms with Gasteiger partial charge in [0, 0.05) is 6.54 Å². The van der Waals surface area contributed by atoms with Gasteiger partial charge in [0.1, 0.15) is 0 Å². The number of ether oxygens (including phenoxy) is 1. The van der Waals surface area contributed by atoms with Gasteiger partial charge in [0.15, 0.2) is 0 Å². The molecule has 0 aromatic heterocycles. The maximum Gasteiger partial charge on any atom is 0.410 e. The quantitative estimate of drug-likeness (QED) is 0.910. The largest absolute Gasteiger partial charge is 0.478 e. The van der Waals surface area contributed by atoms with Crippen molar-refractivity contribution < 1.29 is 19.4 Å². The van der Waals surface area contributed by atoms with Crippen LogP contribution in [0.4, 0.5) is 4.79 Å². The fourth-order valence-corrected chi connectivity index (χ4v) is 2.39. The van der Waals surface area contributed by atoms with Gasteiger partial charge in [0.25, 0.3) is 0 Å². The summed E-state index contributed by atoms with van der Waals surface area (Å²) in [6.45, 7) is 2.83. The van der Waals surface area contributed by atoms with Gasteiger partial charge in [-0.2, -0.15) is 0 Å². The van der Waals surface area contributed by atoms with Crippen molar-refractivity contribution in [3.8, 4) is 0 Å². The number of hydrogen-bond donors (Lipinski definition) is 1. The molecule has 1 atom stereocenters. The smallest absolute Gasteiger partial charge is 0.410 e. The zero-order chi connectivity index (χ0) is 13.8. The van der Waals surface area contributed by atoms with Gasteiger partial charge in [0.2, 0.25) is 0 Å². The molecule has 102 valence electrons. The molecular weight excluding hydrogens is 246 g/mol. The van der Waals surface area contributed by atoms with E-state index in [2.05, 4.69) is 0 Å². The third-order valence-electron chi connectivity index (χ3n) is 3.30. The van der Waals surface area contributed by atoms with Crippen LogP contribution in [0.15, 0.2) is 24.3 Å². The zero-order valence-corrected chi connectivity index (χ0v) is 10.8. The van der Waals surface area contributed by atoms with Crippen LogP contribution < -0.4 is 0 Å². The Kier molecular flexibility index (Phi) is 4.04. The number of carbonyl (C=O) groups is 2. The second kappa shape index (κ2) is 5.73. The minimum atomic E-state index is -0.944. The predicted molar refractivity (Wildman–Crippen MR) is 69.1 cm³/mol. The number of carbonyl (C=O) groups excluding carboxylic acids is 1. The van der Waals surface area contributed by atoms with Crippen LogP contribution in [0.1, 0.15) is 41.7 Å². The molecule has 0 spiro atoms. The maximum atomic E-state index is 11.8. The van der Waals surface area contributed by atoms with Crippen LogP contribution >= 0.6 is 0 Å². The second-order valence-corrected chi connectivity index (χ2v) is 4.48. The lowest BCUT2D eigenvalue weighted by Crippen LogP contribution is -2.31. The predicted octanol–water partition coefficient (Wildman–Crippen LogP) is 2.68. The SMILES string of the molecule is CCOC(=O)N1CCCC1c1ccc(C(=O)O)cc1. The van der Waals surface area contributed by atoms with E-state index in [-0.39, 0.29) is 17.7 Å². The fourth-order valence-electron chi connectivity index (χ4n) is 2.39. The fraction of sp³-hybridized carbons (Fsp3) is 0.429. The first-order valence-electron chi connectivity index (χ1n) is 6.40. The van der Waals surface area contributed by atoms with Crippen LogP contribution in [0.5, 0.6) is 0 Å². The number of likely N-dealkylation sites (tertiary alicyclic amines) is 1. The Labute approximate surface area is 111 Å². The van der Waals surface area contributed by atoms with E-state index in [1.54, 1.807) is 36.1 Å². The van der Waals surface area contributed by atoms with Gasteiger partial charge in [-0.1, -0.05) is 12.1 Å². The number of aromatic carboxylic acids is 1. The van der Waals surface area contributed by atoms with Gasteiger partial charge in [-0.3, -0.25) is 0 Å². The van der Waals surface area contributed by atoms with Crippen molar-refractivity contribution in [2.75, 3.05) is 13.2 Å². The van der Waals surface area contributed by atoms with Crippen molar-refractivity contribution in [2.45, 2.75) is 25.8 Å². The molecule has 19 heavy (non-hydrogen) atoms. The van der Waals surface area contributed by atoms with E-state index < -0.39 is 5.97 Å². The van der Waals surface area contributed by atoms with E-state index in [0.29, 0.717) is 13.2 Å². The highest BCUT2D eigenvalue weighted by atomic mass is 16.6. The summed E-state index contributed by atoms with van der Waals surface area (Å²) in [4.78, 5) is 24.3. The lowest BCUT2D eigenvalue weighted by Gasteiger charge is -2.24. The monoisotopic (exact) mass is 263 g/mol. The molecule has 2 rings (SSSR count). The highest BCUT2D eigenvalue weighted by Gasteiger charge is 2.30. The Hall–Kier alpha value is -2.04. The molecular formula is C14H17NO4. The molecule has 5 heteroatoms. The summed E-state index contributed by atoms with van der Waals surface area (Å²) in [6, 6.07) is 6.66. The number of carboxylic acid groups (broad SMARTS) is 1. The van der Waals surface area contributed by atoms with Crippen molar-refractivity contribution in [2.24, 2.45) is 0 Å². The Bertz CT molecular complexity index is 469. The third kappa shape index (κ3) is 2.86. The molecule has 1 amide bonds. The molecule has 1 aliphatic rings. The van der Waals surface area contributed by atoms with E-state index in [4.69, 9.17) is 9.84 Å². The Morgan fingerprint density at radius 3 is 2.63 bits per heavy atom. The number of hydrogen-bond acceptors (Lipinski definition) is 3. The molecule has 1 heterocycles. The molecule has 1 aromatic rings. The standard InChI is InChI=1S/C14H17NO4/c1-2-19-14(18)15-9-3-4-12(15)10-5-7-11(8-6-10)13(16)17/h5-8,12H,2-4,9H2,1H3,(H,16,17). The molecule has 1 aromatic carbocycles. The van der Waals surface area contributed by atoms with Crippen LogP contribution in [0, 0.1) is 0 Å². The zero-order valence-electron chi connectivity index (χ0n) is 10.8. The third-order valence-corrected chi connectivity index (χ3v) is 3.30. The van der Waals surface area contributed by atoms with Crippen molar-refractivity contribution in [3.63, 3.8) is 0 Å². The molecule has 1 fully saturated rings. The maximum absolute atomic E-state index is 11.8. The van der Waals surface area contributed by atoms with E-state index in [0.717, 1.165) is 18.4 Å². The summed E-state index contributed by atoms with van der Waals surface area (Å²) >= 11 is 0. The first-order valence-corrected chi connectivity index (χ1v) is 6.40. The minimum Gasteiger partial charge on any atom is -0.478 e. The lowest BCUT2D eigenvalue weighted by molar-refractivity contribution is 0.0696. The van der Waals surface area contributed by atoms with Crippen molar-refractivity contribution >= 4 is 12.1 Å². The lowest BCUT2D eigenvalue weighted by atomic mass is 10.0. The molecule has 0 saturated carbocycles.